The van der Waals surface area contributed by atoms with Crippen molar-refractivity contribution in [1.29, 1.82) is 0 Å². The molecule has 0 aliphatic rings. The number of nitrogens with two attached hydrogens (primary N) is 1. The van der Waals surface area contributed by atoms with Crippen molar-refractivity contribution < 1.29 is 4.79 Å². The highest BCUT2D eigenvalue weighted by atomic mass is 32.1. The Kier molecular flexibility index (Phi) is 3.43. The maximum atomic E-state index is 11.8. The minimum absolute atomic E-state index is 0.0709. The van der Waals surface area contributed by atoms with Crippen molar-refractivity contribution >= 4 is 23.1 Å². The predicted octanol–water partition coefficient (Wildman–Crippen LogP) is 1.41. The topological polar surface area (TPSA) is 83.8 Å². The summed E-state index contributed by atoms with van der Waals surface area (Å²) in [4.78, 5) is 11.8. The van der Waals surface area contributed by atoms with Crippen LogP contribution in [0.3, 0.4) is 0 Å². The maximum absolute atomic E-state index is 11.8. The number of nitrogens with one attached hydrogen (secondary N) is 2. The number of amides is 1. The molecule has 0 bridgehead atoms. The third kappa shape index (κ3) is 3.07. The minimum atomic E-state index is -0.183. The van der Waals surface area contributed by atoms with Gasteiger partial charge < -0.3 is 11.1 Å². The molecular formula is C11H14N4OS. The Bertz CT molecular complexity index is 491. The van der Waals surface area contributed by atoms with E-state index in [1.54, 1.807) is 11.3 Å². The van der Waals surface area contributed by atoms with Crippen LogP contribution in [0.1, 0.15) is 23.0 Å². The molecule has 0 aromatic carbocycles. The Morgan fingerprint density at radius 2 is 2.53 bits per heavy atom. The summed E-state index contributed by atoms with van der Waals surface area (Å²) in [5.74, 6) is 0.137. The molecule has 5 nitrogen and oxygen atoms in total. The fraction of sp³-hybridized carbons (Fsp3) is 0.273. The van der Waals surface area contributed by atoms with E-state index in [-0.39, 0.29) is 11.9 Å². The van der Waals surface area contributed by atoms with E-state index in [2.05, 4.69) is 27.0 Å². The van der Waals surface area contributed by atoms with Gasteiger partial charge in [0.15, 0.2) is 0 Å². The molecule has 0 radical (unpaired) electrons. The van der Waals surface area contributed by atoms with Crippen LogP contribution < -0.4 is 11.1 Å². The number of nitrogens with zero attached hydrogens (tertiary/aromatic N) is 1. The Balaban J connectivity index is 1.90. The second-order valence-corrected chi connectivity index (χ2v) is 4.70. The predicted molar refractivity (Wildman–Crippen MR) is 68.0 cm³/mol. The smallest absolute Gasteiger partial charge is 0.269 e. The van der Waals surface area contributed by atoms with Gasteiger partial charge in [-0.15, -0.1) is 0 Å². The van der Waals surface area contributed by atoms with Crippen molar-refractivity contribution in [2.45, 2.75) is 19.4 Å². The number of anilines is 1. The van der Waals surface area contributed by atoms with Crippen LogP contribution in [-0.4, -0.2) is 22.1 Å². The van der Waals surface area contributed by atoms with Crippen LogP contribution in [-0.2, 0) is 6.42 Å². The summed E-state index contributed by atoms with van der Waals surface area (Å²) in [6, 6.07) is 3.65. The molecule has 1 amide bonds. The van der Waals surface area contributed by atoms with E-state index in [1.165, 1.54) is 11.6 Å². The summed E-state index contributed by atoms with van der Waals surface area (Å²) in [5, 5.41) is 13.3. The van der Waals surface area contributed by atoms with Crippen LogP contribution >= 0.6 is 11.3 Å². The lowest BCUT2D eigenvalue weighted by Crippen LogP contribution is -2.34. The Labute approximate surface area is 103 Å². The van der Waals surface area contributed by atoms with Crippen molar-refractivity contribution in [1.82, 2.24) is 15.5 Å². The third-order valence-corrected chi connectivity index (χ3v) is 3.07. The number of rotatable bonds is 4. The van der Waals surface area contributed by atoms with E-state index in [0.29, 0.717) is 11.5 Å². The van der Waals surface area contributed by atoms with Crippen molar-refractivity contribution in [2.24, 2.45) is 0 Å². The zero-order valence-corrected chi connectivity index (χ0v) is 10.3. The van der Waals surface area contributed by atoms with Crippen LogP contribution in [0.25, 0.3) is 0 Å². The van der Waals surface area contributed by atoms with Gasteiger partial charge in [0.2, 0.25) is 0 Å². The first-order valence-electron chi connectivity index (χ1n) is 5.28. The molecule has 2 rings (SSSR count). The number of H-pyrrole nitrogens is 1. The molecule has 0 aliphatic heterocycles. The highest BCUT2D eigenvalue weighted by Gasteiger charge is 2.12. The van der Waals surface area contributed by atoms with Gasteiger partial charge in [0.05, 0.1) is 0 Å². The molecule has 0 fully saturated rings. The van der Waals surface area contributed by atoms with Gasteiger partial charge in [-0.2, -0.15) is 16.4 Å². The standard InChI is InChI=1S/C11H14N4OS/c1-7(4-8-2-3-17-6-8)13-11(16)9-5-10(12)15-14-9/h2-3,5-7H,4H2,1H3,(H,13,16)(H3,12,14,15). The first-order valence-corrected chi connectivity index (χ1v) is 6.22. The first-order chi connectivity index (χ1) is 8.15. The fourth-order valence-electron chi connectivity index (χ4n) is 1.57. The first kappa shape index (κ1) is 11.7. The summed E-state index contributed by atoms with van der Waals surface area (Å²) in [7, 11) is 0. The largest absolute Gasteiger partial charge is 0.382 e. The van der Waals surface area contributed by atoms with E-state index in [9.17, 15) is 4.79 Å². The third-order valence-electron chi connectivity index (χ3n) is 2.34. The van der Waals surface area contributed by atoms with Crippen LogP contribution in [0.4, 0.5) is 5.82 Å². The van der Waals surface area contributed by atoms with E-state index in [4.69, 9.17) is 5.73 Å². The molecule has 0 spiro atoms. The lowest BCUT2D eigenvalue weighted by molar-refractivity contribution is 0.0935. The number of carbonyl (C=O) groups excluding carboxylic acids is 1. The number of aromatic nitrogens is 2. The molecule has 6 heteroatoms. The number of hydrogen-bond donors (Lipinski definition) is 3. The van der Waals surface area contributed by atoms with Gasteiger partial charge in [-0.05, 0) is 35.7 Å². The van der Waals surface area contributed by atoms with Gasteiger partial charge in [0.1, 0.15) is 11.5 Å². The highest BCUT2D eigenvalue weighted by molar-refractivity contribution is 7.07. The molecule has 0 aliphatic carbocycles. The number of aromatic amines is 1. The van der Waals surface area contributed by atoms with E-state index in [0.717, 1.165) is 6.42 Å². The summed E-state index contributed by atoms with van der Waals surface area (Å²) < 4.78 is 0. The molecular weight excluding hydrogens is 236 g/mol. The molecule has 0 saturated heterocycles. The molecule has 90 valence electrons. The van der Waals surface area contributed by atoms with Crippen LogP contribution in [0.15, 0.2) is 22.9 Å². The number of hydrogen-bond acceptors (Lipinski definition) is 4. The molecule has 4 N–H and O–H groups in total. The normalized spacial score (nSPS) is 12.3. The summed E-state index contributed by atoms with van der Waals surface area (Å²) in [6.07, 6.45) is 0.818. The molecule has 2 aromatic heterocycles. The molecule has 0 saturated carbocycles. The van der Waals surface area contributed by atoms with Crippen LogP contribution in [0.2, 0.25) is 0 Å². The summed E-state index contributed by atoms with van der Waals surface area (Å²) >= 11 is 1.65. The van der Waals surface area contributed by atoms with Gasteiger partial charge in [0, 0.05) is 12.1 Å². The van der Waals surface area contributed by atoms with E-state index >= 15 is 0 Å². The van der Waals surface area contributed by atoms with Gasteiger partial charge in [-0.25, -0.2) is 0 Å². The molecule has 17 heavy (non-hydrogen) atoms. The maximum Gasteiger partial charge on any atom is 0.269 e. The van der Waals surface area contributed by atoms with Crippen molar-refractivity contribution in [3.05, 3.63) is 34.2 Å². The lowest BCUT2D eigenvalue weighted by Gasteiger charge is -2.11. The van der Waals surface area contributed by atoms with Gasteiger partial charge in [-0.1, -0.05) is 0 Å². The molecule has 2 aromatic rings. The monoisotopic (exact) mass is 250 g/mol. The Morgan fingerprint density at radius 3 is 3.12 bits per heavy atom. The Morgan fingerprint density at radius 1 is 1.71 bits per heavy atom. The second-order valence-electron chi connectivity index (χ2n) is 3.92. The van der Waals surface area contributed by atoms with Crippen LogP contribution in [0.5, 0.6) is 0 Å². The zero-order chi connectivity index (χ0) is 12.3. The number of nitrogen functional groups attached to an aromatic ring is 1. The van der Waals surface area contributed by atoms with E-state index in [1.807, 2.05) is 12.3 Å². The number of thiophene rings is 1. The average Bonchev–Trinajstić information content (AvgIpc) is 2.89. The van der Waals surface area contributed by atoms with Crippen molar-refractivity contribution in [3.63, 3.8) is 0 Å². The minimum Gasteiger partial charge on any atom is -0.382 e. The van der Waals surface area contributed by atoms with Crippen molar-refractivity contribution in [2.75, 3.05) is 5.73 Å². The average molecular weight is 250 g/mol. The van der Waals surface area contributed by atoms with Crippen LogP contribution in [0, 0.1) is 0 Å². The summed E-state index contributed by atoms with van der Waals surface area (Å²) in [6.45, 7) is 1.97. The van der Waals surface area contributed by atoms with Gasteiger partial charge >= 0.3 is 0 Å². The SMILES string of the molecule is CC(Cc1ccsc1)NC(=O)c1cc(N)n[nH]1. The fourth-order valence-corrected chi connectivity index (χ4v) is 2.25. The number of carbonyl (C=O) groups is 1. The van der Waals surface area contributed by atoms with Gasteiger partial charge in [0.25, 0.3) is 5.91 Å². The highest BCUT2D eigenvalue weighted by Crippen LogP contribution is 2.09. The second kappa shape index (κ2) is 5.01. The lowest BCUT2D eigenvalue weighted by atomic mass is 10.1. The van der Waals surface area contributed by atoms with Crippen molar-refractivity contribution in [3.8, 4) is 0 Å². The molecule has 1 atom stereocenters. The molecule has 2 heterocycles. The molecule has 1 unspecified atom stereocenters. The quantitative estimate of drug-likeness (QED) is 0.767. The Hall–Kier alpha value is -1.82. The van der Waals surface area contributed by atoms with E-state index < -0.39 is 0 Å². The van der Waals surface area contributed by atoms with Gasteiger partial charge in [-0.3, -0.25) is 9.89 Å². The summed E-state index contributed by atoms with van der Waals surface area (Å²) in [5.41, 5.74) is 7.05. The zero-order valence-electron chi connectivity index (χ0n) is 9.43.